The smallest absolute Gasteiger partial charge is 0.160 e. The summed E-state index contributed by atoms with van der Waals surface area (Å²) in [6, 6.07) is 61.6. The fourth-order valence-electron chi connectivity index (χ4n) is 7.55. The minimum Gasteiger partial charge on any atom is -0.456 e. The molecule has 1 aliphatic rings. The van der Waals surface area contributed by atoms with Crippen molar-refractivity contribution < 1.29 is 4.42 Å². The standard InChI is InChI=1S/C47H31N3O/c1-3-15-31(16-4-1)45-48-46(32-17-5-2-6-18-32)50-47(49-45)39-27-26-38(36-21-9-10-22-37(36)39)41-28-33(35-24-13-19-30-14-7-8-20-34(30)35)29-43-44(41)40-23-11-12-25-42(40)51-43/h1-29,45H,(H,48,49,50). The first kappa shape index (κ1) is 29.2. The Balaban J connectivity index is 1.21. The van der Waals surface area contributed by atoms with Gasteiger partial charge in [0, 0.05) is 21.9 Å². The lowest BCUT2D eigenvalue weighted by Crippen LogP contribution is -2.33. The van der Waals surface area contributed by atoms with E-state index < -0.39 is 0 Å². The Morgan fingerprint density at radius 2 is 1.10 bits per heavy atom. The lowest BCUT2D eigenvalue weighted by atomic mass is 9.89. The zero-order valence-electron chi connectivity index (χ0n) is 27.6. The lowest BCUT2D eigenvalue weighted by molar-refractivity contribution is 0.669. The summed E-state index contributed by atoms with van der Waals surface area (Å²) in [5, 5.41) is 10.5. The van der Waals surface area contributed by atoms with Crippen LogP contribution in [-0.2, 0) is 0 Å². The maximum Gasteiger partial charge on any atom is 0.160 e. The second-order valence-corrected chi connectivity index (χ2v) is 13.0. The van der Waals surface area contributed by atoms with Crippen LogP contribution in [0.2, 0.25) is 0 Å². The van der Waals surface area contributed by atoms with Crippen LogP contribution in [0.4, 0.5) is 0 Å². The van der Waals surface area contributed by atoms with Gasteiger partial charge in [-0.2, -0.15) is 0 Å². The molecule has 2 heterocycles. The SMILES string of the molecule is c1ccc(C2=NC(c3ccc(-c4cc(-c5cccc6ccccc56)cc5oc6ccccc6c45)c4ccccc34)=NC(c3ccccc3)N2)cc1. The minimum atomic E-state index is -0.276. The lowest BCUT2D eigenvalue weighted by Gasteiger charge is -2.24. The topological polar surface area (TPSA) is 49.9 Å². The fourth-order valence-corrected chi connectivity index (χ4v) is 7.55. The number of benzene rings is 8. The van der Waals surface area contributed by atoms with Crippen LogP contribution in [-0.4, -0.2) is 11.7 Å². The molecular weight excluding hydrogens is 623 g/mol. The first-order valence-corrected chi connectivity index (χ1v) is 17.3. The van der Waals surface area contributed by atoms with Gasteiger partial charge in [0.15, 0.2) is 5.84 Å². The molecule has 8 aromatic carbocycles. The third-order valence-corrected chi connectivity index (χ3v) is 9.94. The number of nitrogens with one attached hydrogen (secondary N) is 1. The molecule has 10 rings (SSSR count). The normalized spacial score (nSPS) is 14.5. The predicted octanol–water partition coefficient (Wildman–Crippen LogP) is 11.7. The van der Waals surface area contributed by atoms with Crippen LogP contribution < -0.4 is 5.32 Å². The highest BCUT2D eigenvalue weighted by atomic mass is 16.3. The van der Waals surface area contributed by atoms with Crippen LogP contribution in [0.25, 0.3) is 65.7 Å². The summed E-state index contributed by atoms with van der Waals surface area (Å²) in [6.07, 6.45) is -0.276. The summed E-state index contributed by atoms with van der Waals surface area (Å²) in [6.45, 7) is 0. The van der Waals surface area contributed by atoms with E-state index in [9.17, 15) is 0 Å². The molecule has 1 N–H and O–H groups in total. The van der Waals surface area contributed by atoms with Crippen molar-refractivity contribution in [3.8, 4) is 22.3 Å². The third kappa shape index (κ3) is 5.00. The average Bonchev–Trinajstić information content (AvgIpc) is 3.59. The third-order valence-electron chi connectivity index (χ3n) is 9.94. The van der Waals surface area contributed by atoms with Crippen molar-refractivity contribution in [2.45, 2.75) is 6.17 Å². The number of fused-ring (bicyclic) bond motifs is 5. The predicted molar refractivity (Wildman–Crippen MR) is 211 cm³/mol. The van der Waals surface area contributed by atoms with Gasteiger partial charge in [-0.25, -0.2) is 9.98 Å². The van der Waals surface area contributed by atoms with Gasteiger partial charge in [0.25, 0.3) is 0 Å². The second-order valence-electron chi connectivity index (χ2n) is 13.0. The Hall–Kier alpha value is -6.78. The van der Waals surface area contributed by atoms with Crippen molar-refractivity contribution in [3.05, 3.63) is 193 Å². The summed E-state index contributed by atoms with van der Waals surface area (Å²) >= 11 is 0. The van der Waals surface area contributed by atoms with Gasteiger partial charge in [-0.15, -0.1) is 0 Å². The highest BCUT2D eigenvalue weighted by Gasteiger charge is 2.23. The minimum absolute atomic E-state index is 0.276. The van der Waals surface area contributed by atoms with Crippen LogP contribution in [0.15, 0.2) is 190 Å². The number of rotatable bonds is 5. The molecule has 0 aliphatic carbocycles. The molecule has 4 nitrogen and oxygen atoms in total. The van der Waals surface area contributed by atoms with Crippen molar-refractivity contribution in [1.82, 2.24) is 5.32 Å². The van der Waals surface area contributed by atoms with Gasteiger partial charge in [-0.1, -0.05) is 152 Å². The van der Waals surface area contributed by atoms with Gasteiger partial charge in [0.1, 0.15) is 23.2 Å². The molecule has 1 unspecified atom stereocenters. The highest BCUT2D eigenvalue weighted by molar-refractivity contribution is 6.21. The molecule has 9 aromatic rings. The molecule has 4 heteroatoms. The molecule has 1 atom stereocenters. The summed E-state index contributed by atoms with van der Waals surface area (Å²) in [5.41, 5.74) is 9.40. The molecule has 1 aromatic heterocycles. The fraction of sp³-hybridized carbons (Fsp3) is 0.0213. The van der Waals surface area contributed by atoms with E-state index in [0.717, 1.165) is 71.9 Å². The van der Waals surface area contributed by atoms with Crippen LogP contribution in [0, 0.1) is 0 Å². The van der Waals surface area contributed by atoms with Crippen LogP contribution in [0.3, 0.4) is 0 Å². The summed E-state index contributed by atoms with van der Waals surface area (Å²) < 4.78 is 6.58. The Bertz CT molecular complexity index is 2830. The molecule has 0 spiro atoms. The Morgan fingerprint density at radius 1 is 0.451 bits per heavy atom. The Labute approximate surface area is 295 Å². The molecule has 0 fully saturated rings. The van der Waals surface area contributed by atoms with E-state index in [1.165, 1.54) is 16.3 Å². The highest BCUT2D eigenvalue weighted by Crippen LogP contribution is 2.43. The summed E-state index contributed by atoms with van der Waals surface area (Å²) in [4.78, 5) is 10.4. The molecule has 1 aliphatic heterocycles. The van der Waals surface area contributed by atoms with E-state index in [-0.39, 0.29) is 6.17 Å². The van der Waals surface area contributed by atoms with Gasteiger partial charge in [-0.3, -0.25) is 0 Å². The van der Waals surface area contributed by atoms with E-state index in [1.54, 1.807) is 0 Å². The van der Waals surface area contributed by atoms with Crippen molar-refractivity contribution >= 4 is 55.2 Å². The molecule has 0 bridgehead atoms. The molecule has 0 amide bonds. The van der Waals surface area contributed by atoms with E-state index in [1.807, 2.05) is 30.3 Å². The largest absolute Gasteiger partial charge is 0.456 e. The monoisotopic (exact) mass is 653 g/mol. The van der Waals surface area contributed by atoms with Crippen molar-refractivity contribution in [2.24, 2.45) is 9.98 Å². The summed E-state index contributed by atoms with van der Waals surface area (Å²) in [5.74, 6) is 1.50. The van der Waals surface area contributed by atoms with Gasteiger partial charge in [0.05, 0.1) is 0 Å². The number of hydrogen-bond acceptors (Lipinski definition) is 4. The zero-order chi connectivity index (χ0) is 33.7. The van der Waals surface area contributed by atoms with Crippen molar-refractivity contribution in [2.75, 3.05) is 0 Å². The van der Waals surface area contributed by atoms with E-state index in [2.05, 4.69) is 151 Å². The van der Waals surface area contributed by atoms with Gasteiger partial charge in [0.2, 0.25) is 0 Å². The average molecular weight is 654 g/mol. The zero-order valence-corrected chi connectivity index (χ0v) is 27.6. The summed E-state index contributed by atoms with van der Waals surface area (Å²) in [7, 11) is 0. The van der Waals surface area contributed by atoms with E-state index in [0.29, 0.717) is 5.84 Å². The van der Waals surface area contributed by atoms with E-state index in [4.69, 9.17) is 14.4 Å². The van der Waals surface area contributed by atoms with Crippen LogP contribution in [0.1, 0.15) is 22.9 Å². The van der Waals surface area contributed by atoms with Crippen LogP contribution >= 0.6 is 0 Å². The Morgan fingerprint density at radius 3 is 1.92 bits per heavy atom. The van der Waals surface area contributed by atoms with Gasteiger partial charge in [-0.05, 0) is 73.6 Å². The number of furan rings is 1. The molecular formula is C47H31N3O. The van der Waals surface area contributed by atoms with Crippen molar-refractivity contribution in [3.63, 3.8) is 0 Å². The number of aliphatic imine (C=N–C) groups is 2. The van der Waals surface area contributed by atoms with E-state index >= 15 is 0 Å². The number of nitrogens with zero attached hydrogens (tertiary/aromatic N) is 2. The quantitative estimate of drug-likeness (QED) is 0.201. The Kier molecular flexibility index (Phi) is 6.85. The molecule has 0 saturated heterocycles. The maximum atomic E-state index is 6.58. The molecule has 0 saturated carbocycles. The molecule has 240 valence electrons. The molecule has 0 radical (unpaired) electrons. The number of hydrogen-bond donors (Lipinski definition) is 1. The maximum absolute atomic E-state index is 6.58. The number of amidine groups is 2. The van der Waals surface area contributed by atoms with Gasteiger partial charge < -0.3 is 9.73 Å². The second kappa shape index (κ2) is 12.0. The van der Waals surface area contributed by atoms with Gasteiger partial charge >= 0.3 is 0 Å². The first-order chi connectivity index (χ1) is 25.3. The van der Waals surface area contributed by atoms with Crippen LogP contribution in [0.5, 0.6) is 0 Å². The van der Waals surface area contributed by atoms with Crippen molar-refractivity contribution in [1.29, 1.82) is 0 Å². The molecule has 51 heavy (non-hydrogen) atoms. The number of para-hydroxylation sites is 1. The first-order valence-electron chi connectivity index (χ1n) is 17.3.